The van der Waals surface area contributed by atoms with E-state index in [9.17, 15) is 0 Å². The fraction of sp³-hybridized carbons (Fsp3) is 0.571. The van der Waals surface area contributed by atoms with E-state index in [1.807, 2.05) is 12.1 Å². The molecule has 0 saturated heterocycles. The Morgan fingerprint density at radius 1 is 1.29 bits per heavy atom. The summed E-state index contributed by atoms with van der Waals surface area (Å²) < 4.78 is 0. The van der Waals surface area contributed by atoms with Crippen molar-refractivity contribution in [3.8, 4) is 0 Å². The molecule has 0 heterocycles. The quantitative estimate of drug-likeness (QED) is 0.787. The molecule has 0 spiro atoms. The number of halogens is 1. The molecule has 17 heavy (non-hydrogen) atoms. The minimum absolute atomic E-state index is 0.421. The molecule has 1 aromatic carbocycles. The Morgan fingerprint density at radius 2 is 2.00 bits per heavy atom. The molecule has 1 fully saturated rings. The Morgan fingerprint density at radius 3 is 2.65 bits per heavy atom. The van der Waals surface area contributed by atoms with Gasteiger partial charge in [0.15, 0.2) is 0 Å². The van der Waals surface area contributed by atoms with Crippen LogP contribution in [-0.2, 0) is 0 Å². The molecule has 1 saturated carbocycles. The van der Waals surface area contributed by atoms with E-state index >= 15 is 0 Å². The van der Waals surface area contributed by atoms with E-state index in [-0.39, 0.29) is 0 Å². The first-order chi connectivity index (χ1) is 8.09. The number of nitrogens with two attached hydrogens (primary N) is 1. The van der Waals surface area contributed by atoms with E-state index in [0.29, 0.717) is 10.4 Å². The maximum atomic E-state index is 5.93. The molecule has 1 aliphatic carbocycles. The van der Waals surface area contributed by atoms with Gasteiger partial charge in [0.25, 0.3) is 0 Å². The molecule has 1 aromatic rings. The van der Waals surface area contributed by atoms with Crippen molar-refractivity contribution in [2.75, 3.05) is 17.6 Å². The molecule has 0 amide bonds. The standard InChI is InChI=1S/C14H21ClN2/c1-14(7-3-2-4-8-14)10-17-13-6-5-11(15)9-12(13)16/h5-6,9,17H,2-4,7-8,10,16H2,1H3. The highest BCUT2D eigenvalue weighted by molar-refractivity contribution is 6.31. The van der Waals surface area contributed by atoms with Gasteiger partial charge < -0.3 is 11.1 Å². The molecule has 2 nitrogen and oxygen atoms in total. The van der Waals surface area contributed by atoms with Gasteiger partial charge >= 0.3 is 0 Å². The van der Waals surface area contributed by atoms with Crippen LogP contribution in [0.4, 0.5) is 11.4 Å². The molecule has 0 atom stereocenters. The first-order valence-electron chi connectivity index (χ1n) is 6.38. The van der Waals surface area contributed by atoms with Crippen LogP contribution in [0.1, 0.15) is 39.0 Å². The molecule has 0 bridgehead atoms. The number of benzene rings is 1. The number of rotatable bonds is 3. The van der Waals surface area contributed by atoms with Crippen LogP contribution in [0.3, 0.4) is 0 Å². The maximum absolute atomic E-state index is 5.93. The van der Waals surface area contributed by atoms with Crippen LogP contribution in [0.25, 0.3) is 0 Å². The van der Waals surface area contributed by atoms with Crippen LogP contribution in [0, 0.1) is 5.41 Å². The van der Waals surface area contributed by atoms with Crippen molar-refractivity contribution in [2.24, 2.45) is 5.41 Å². The number of hydrogen-bond donors (Lipinski definition) is 2. The summed E-state index contributed by atoms with van der Waals surface area (Å²) in [6.07, 6.45) is 6.72. The number of nitrogens with one attached hydrogen (secondary N) is 1. The van der Waals surface area contributed by atoms with Gasteiger partial charge in [0.1, 0.15) is 0 Å². The van der Waals surface area contributed by atoms with Crippen LogP contribution < -0.4 is 11.1 Å². The fourth-order valence-electron chi connectivity index (χ4n) is 2.59. The zero-order valence-corrected chi connectivity index (χ0v) is 11.2. The van der Waals surface area contributed by atoms with Crippen molar-refractivity contribution in [2.45, 2.75) is 39.0 Å². The number of anilines is 2. The normalized spacial score (nSPS) is 18.9. The van der Waals surface area contributed by atoms with Crippen LogP contribution in [0.5, 0.6) is 0 Å². The van der Waals surface area contributed by atoms with Crippen molar-refractivity contribution in [3.05, 3.63) is 23.2 Å². The average Bonchev–Trinajstić information content (AvgIpc) is 2.29. The molecular weight excluding hydrogens is 232 g/mol. The largest absolute Gasteiger partial charge is 0.397 e. The predicted octanol–water partition coefficient (Wildman–Crippen LogP) is 4.30. The minimum Gasteiger partial charge on any atom is -0.397 e. The predicted molar refractivity (Wildman–Crippen MR) is 75.5 cm³/mol. The molecule has 0 aliphatic heterocycles. The van der Waals surface area contributed by atoms with Crippen LogP contribution >= 0.6 is 11.6 Å². The third-order valence-corrected chi connectivity index (χ3v) is 4.01. The van der Waals surface area contributed by atoms with Crippen LogP contribution in [0.15, 0.2) is 18.2 Å². The molecule has 1 aliphatic rings. The van der Waals surface area contributed by atoms with Crippen molar-refractivity contribution < 1.29 is 0 Å². The smallest absolute Gasteiger partial charge is 0.0575 e. The van der Waals surface area contributed by atoms with Crippen LogP contribution in [-0.4, -0.2) is 6.54 Å². The fourth-order valence-corrected chi connectivity index (χ4v) is 2.77. The summed E-state index contributed by atoms with van der Waals surface area (Å²) in [4.78, 5) is 0. The summed E-state index contributed by atoms with van der Waals surface area (Å²) in [6.45, 7) is 3.37. The van der Waals surface area contributed by atoms with Gasteiger partial charge in [0, 0.05) is 11.6 Å². The lowest BCUT2D eigenvalue weighted by molar-refractivity contribution is 0.233. The molecule has 0 radical (unpaired) electrons. The van der Waals surface area contributed by atoms with Gasteiger partial charge in [0.05, 0.1) is 11.4 Å². The molecule has 3 N–H and O–H groups in total. The third kappa shape index (κ3) is 3.29. The lowest BCUT2D eigenvalue weighted by atomic mass is 9.76. The second kappa shape index (κ2) is 5.18. The van der Waals surface area contributed by atoms with Crippen molar-refractivity contribution in [1.82, 2.24) is 0 Å². The van der Waals surface area contributed by atoms with Crippen molar-refractivity contribution >= 4 is 23.0 Å². The van der Waals surface area contributed by atoms with Gasteiger partial charge in [0.2, 0.25) is 0 Å². The average molecular weight is 253 g/mol. The Labute approximate surface area is 109 Å². The highest BCUT2D eigenvalue weighted by atomic mass is 35.5. The highest BCUT2D eigenvalue weighted by Crippen LogP contribution is 2.36. The van der Waals surface area contributed by atoms with E-state index in [0.717, 1.165) is 17.9 Å². The summed E-state index contributed by atoms with van der Waals surface area (Å²) >= 11 is 5.89. The first-order valence-corrected chi connectivity index (χ1v) is 6.76. The molecule has 0 aromatic heterocycles. The summed E-state index contributed by atoms with van der Waals surface area (Å²) in [5, 5.41) is 4.16. The summed E-state index contributed by atoms with van der Waals surface area (Å²) in [7, 11) is 0. The number of nitrogen functional groups attached to an aromatic ring is 1. The summed E-state index contributed by atoms with van der Waals surface area (Å²) in [5.41, 5.74) is 8.09. The van der Waals surface area contributed by atoms with Crippen molar-refractivity contribution in [3.63, 3.8) is 0 Å². The topological polar surface area (TPSA) is 38.0 Å². The molecule has 2 rings (SSSR count). The van der Waals surface area contributed by atoms with Gasteiger partial charge in [-0.1, -0.05) is 37.8 Å². The van der Waals surface area contributed by atoms with E-state index in [4.69, 9.17) is 17.3 Å². The lowest BCUT2D eigenvalue weighted by Gasteiger charge is -2.34. The van der Waals surface area contributed by atoms with Crippen LogP contribution in [0.2, 0.25) is 5.02 Å². The monoisotopic (exact) mass is 252 g/mol. The molecule has 0 unspecified atom stereocenters. The summed E-state index contributed by atoms with van der Waals surface area (Å²) in [5.74, 6) is 0. The second-order valence-corrected chi connectivity index (χ2v) is 5.89. The molecular formula is C14H21ClN2. The highest BCUT2D eigenvalue weighted by Gasteiger charge is 2.26. The lowest BCUT2D eigenvalue weighted by Crippen LogP contribution is -2.29. The minimum atomic E-state index is 0.421. The Bertz CT molecular complexity index is 384. The zero-order chi connectivity index (χ0) is 12.3. The van der Waals surface area contributed by atoms with Gasteiger partial charge in [-0.05, 0) is 36.5 Å². The zero-order valence-electron chi connectivity index (χ0n) is 10.4. The van der Waals surface area contributed by atoms with E-state index in [1.54, 1.807) is 6.07 Å². The first kappa shape index (κ1) is 12.6. The van der Waals surface area contributed by atoms with Crippen molar-refractivity contribution in [1.29, 1.82) is 0 Å². The van der Waals surface area contributed by atoms with E-state index < -0.39 is 0 Å². The summed E-state index contributed by atoms with van der Waals surface area (Å²) in [6, 6.07) is 5.64. The Kier molecular flexibility index (Phi) is 3.82. The molecule has 94 valence electrons. The van der Waals surface area contributed by atoms with Gasteiger partial charge in [-0.2, -0.15) is 0 Å². The van der Waals surface area contributed by atoms with E-state index in [2.05, 4.69) is 12.2 Å². The van der Waals surface area contributed by atoms with E-state index in [1.165, 1.54) is 32.1 Å². The van der Waals surface area contributed by atoms with Gasteiger partial charge in [-0.15, -0.1) is 0 Å². The third-order valence-electron chi connectivity index (χ3n) is 3.78. The maximum Gasteiger partial charge on any atom is 0.0575 e. The molecule has 3 heteroatoms. The second-order valence-electron chi connectivity index (χ2n) is 5.46. The number of hydrogen-bond acceptors (Lipinski definition) is 2. The van der Waals surface area contributed by atoms with Gasteiger partial charge in [-0.25, -0.2) is 0 Å². The van der Waals surface area contributed by atoms with Gasteiger partial charge in [-0.3, -0.25) is 0 Å². The SMILES string of the molecule is CC1(CNc2ccc(Cl)cc2N)CCCCC1. The Hall–Kier alpha value is -0.890. The Balaban J connectivity index is 1.97.